The van der Waals surface area contributed by atoms with Crippen LogP contribution in [0, 0.1) is 11.8 Å². The molecule has 1 aliphatic carbocycles. The van der Waals surface area contributed by atoms with Gasteiger partial charge in [-0.1, -0.05) is 27.7 Å². The second kappa shape index (κ2) is 6.02. The summed E-state index contributed by atoms with van der Waals surface area (Å²) in [6.45, 7) is 9.76. The maximum absolute atomic E-state index is 10.5. The summed E-state index contributed by atoms with van der Waals surface area (Å²) in [7, 11) is 0. The summed E-state index contributed by atoms with van der Waals surface area (Å²) in [5.41, 5.74) is -0.436. The molecule has 1 unspecified atom stereocenters. The smallest absolute Gasteiger partial charge is 0.0771 e. The highest BCUT2D eigenvalue weighted by Gasteiger charge is 2.32. The van der Waals surface area contributed by atoms with Crippen molar-refractivity contribution in [2.24, 2.45) is 11.8 Å². The van der Waals surface area contributed by atoms with E-state index in [1.165, 1.54) is 12.8 Å². The molecule has 1 aliphatic rings. The van der Waals surface area contributed by atoms with Gasteiger partial charge in [-0.05, 0) is 43.9 Å². The van der Waals surface area contributed by atoms with Crippen LogP contribution < -0.4 is 5.32 Å². The zero-order valence-corrected chi connectivity index (χ0v) is 11.4. The molecular formula is C14H29NO. The van der Waals surface area contributed by atoms with Crippen molar-refractivity contribution in [1.29, 1.82) is 0 Å². The van der Waals surface area contributed by atoms with Gasteiger partial charge in [0.15, 0.2) is 0 Å². The fourth-order valence-electron chi connectivity index (χ4n) is 2.65. The SMILES string of the molecule is CCC(NCC1(O)CCC(C)CC1)C(C)C. The number of nitrogens with one attached hydrogen (secondary N) is 1. The van der Waals surface area contributed by atoms with E-state index in [-0.39, 0.29) is 0 Å². The van der Waals surface area contributed by atoms with Gasteiger partial charge in [0, 0.05) is 12.6 Å². The second-order valence-corrected chi connectivity index (χ2v) is 6.05. The summed E-state index contributed by atoms with van der Waals surface area (Å²) in [6.07, 6.45) is 5.43. The van der Waals surface area contributed by atoms with Crippen molar-refractivity contribution in [2.45, 2.75) is 71.4 Å². The molecule has 0 aliphatic heterocycles. The van der Waals surface area contributed by atoms with Crippen LogP contribution in [-0.2, 0) is 0 Å². The predicted octanol–water partition coefficient (Wildman–Crippen LogP) is 2.95. The van der Waals surface area contributed by atoms with Crippen LogP contribution in [0.1, 0.15) is 59.8 Å². The highest BCUT2D eigenvalue weighted by molar-refractivity contribution is 4.87. The average Bonchev–Trinajstić information content (AvgIpc) is 2.23. The van der Waals surface area contributed by atoms with E-state index in [4.69, 9.17) is 0 Å². The van der Waals surface area contributed by atoms with E-state index in [0.29, 0.717) is 12.0 Å². The molecule has 0 spiro atoms. The number of hydrogen-bond donors (Lipinski definition) is 2. The van der Waals surface area contributed by atoms with Crippen LogP contribution in [0.15, 0.2) is 0 Å². The van der Waals surface area contributed by atoms with Crippen LogP contribution in [-0.4, -0.2) is 23.3 Å². The lowest BCUT2D eigenvalue weighted by Gasteiger charge is -2.36. The molecule has 0 amide bonds. The van der Waals surface area contributed by atoms with Crippen molar-refractivity contribution in [2.75, 3.05) is 6.54 Å². The van der Waals surface area contributed by atoms with Gasteiger partial charge < -0.3 is 10.4 Å². The molecule has 0 radical (unpaired) electrons. The van der Waals surface area contributed by atoms with Gasteiger partial charge in [0.05, 0.1) is 5.60 Å². The minimum Gasteiger partial charge on any atom is -0.389 e. The Hall–Kier alpha value is -0.0800. The van der Waals surface area contributed by atoms with Crippen LogP contribution >= 0.6 is 0 Å². The van der Waals surface area contributed by atoms with Crippen molar-refractivity contribution in [1.82, 2.24) is 5.32 Å². The van der Waals surface area contributed by atoms with Crippen molar-refractivity contribution in [3.63, 3.8) is 0 Å². The molecule has 16 heavy (non-hydrogen) atoms. The molecule has 0 bridgehead atoms. The Morgan fingerprint density at radius 1 is 1.31 bits per heavy atom. The molecule has 96 valence electrons. The van der Waals surface area contributed by atoms with Crippen molar-refractivity contribution in [3.05, 3.63) is 0 Å². The molecular weight excluding hydrogens is 198 g/mol. The van der Waals surface area contributed by atoms with Gasteiger partial charge in [-0.15, -0.1) is 0 Å². The Bertz CT molecular complexity index is 195. The lowest BCUT2D eigenvalue weighted by molar-refractivity contribution is -0.00932. The van der Waals surface area contributed by atoms with Gasteiger partial charge >= 0.3 is 0 Å². The van der Waals surface area contributed by atoms with Crippen molar-refractivity contribution >= 4 is 0 Å². The topological polar surface area (TPSA) is 32.3 Å². The van der Waals surface area contributed by atoms with Gasteiger partial charge in [-0.2, -0.15) is 0 Å². The fraction of sp³-hybridized carbons (Fsp3) is 1.00. The Balaban J connectivity index is 2.35. The molecule has 1 atom stereocenters. The van der Waals surface area contributed by atoms with E-state index in [2.05, 4.69) is 33.0 Å². The van der Waals surface area contributed by atoms with E-state index in [9.17, 15) is 5.11 Å². The first-order chi connectivity index (χ1) is 7.47. The lowest BCUT2D eigenvalue weighted by atomic mass is 9.79. The molecule has 0 heterocycles. The predicted molar refractivity (Wildman–Crippen MR) is 69.5 cm³/mol. The van der Waals surface area contributed by atoms with Crippen LogP contribution in [0.25, 0.3) is 0 Å². The zero-order chi connectivity index (χ0) is 12.2. The van der Waals surface area contributed by atoms with E-state index >= 15 is 0 Å². The normalized spacial score (nSPS) is 33.0. The molecule has 0 aromatic heterocycles. The summed E-state index contributed by atoms with van der Waals surface area (Å²) < 4.78 is 0. The second-order valence-electron chi connectivity index (χ2n) is 6.05. The standard InChI is InChI=1S/C14H29NO/c1-5-13(11(2)3)15-10-14(16)8-6-12(4)7-9-14/h11-13,15-16H,5-10H2,1-4H3. The largest absolute Gasteiger partial charge is 0.389 e. The summed E-state index contributed by atoms with van der Waals surface area (Å²) in [4.78, 5) is 0. The van der Waals surface area contributed by atoms with E-state index < -0.39 is 5.60 Å². The van der Waals surface area contributed by atoms with E-state index in [1.54, 1.807) is 0 Å². The molecule has 0 aromatic rings. The Labute approximate surface area is 101 Å². The number of rotatable bonds is 5. The number of aliphatic hydroxyl groups is 1. The maximum atomic E-state index is 10.5. The van der Waals surface area contributed by atoms with Crippen LogP contribution in [0.3, 0.4) is 0 Å². The quantitative estimate of drug-likeness (QED) is 0.757. The van der Waals surface area contributed by atoms with Crippen LogP contribution in [0.2, 0.25) is 0 Å². The Morgan fingerprint density at radius 2 is 1.88 bits per heavy atom. The van der Waals surface area contributed by atoms with Gasteiger partial charge in [0.2, 0.25) is 0 Å². The molecule has 1 saturated carbocycles. The third kappa shape index (κ3) is 4.06. The molecule has 1 rings (SSSR count). The van der Waals surface area contributed by atoms with E-state index in [0.717, 1.165) is 31.7 Å². The lowest BCUT2D eigenvalue weighted by Crippen LogP contribution is -2.47. The summed E-state index contributed by atoms with van der Waals surface area (Å²) in [6, 6.07) is 0.545. The van der Waals surface area contributed by atoms with Gasteiger partial charge in [0.25, 0.3) is 0 Å². The molecule has 0 saturated heterocycles. The maximum Gasteiger partial charge on any atom is 0.0771 e. The van der Waals surface area contributed by atoms with E-state index in [1.807, 2.05) is 0 Å². The Morgan fingerprint density at radius 3 is 2.31 bits per heavy atom. The molecule has 2 heteroatoms. The first kappa shape index (κ1) is 14.0. The highest BCUT2D eigenvalue weighted by Crippen LogP contribution is 2.31. The molecule has 2 nitrogen and oxygen atoms in total. The van der Waals surface area contributed by atoms with Gasteiger partial charge in [0.1, 0.15) is 0 Å². The van der Waals surface area contributed by atoms with Gasteiger partial charge in [-0.3, -0.25) is 0 Å². The van der Waals surface area contributed by atoms with Gasteiger partial charge in [-0.25, -0.2) is 0 Å². The summed E-state index contributed by atoms with van der Waals surface area (Å²) in [5, 5.41) is 14.0. The Kier molecular flexibility index (Phi) is 5.26. The molecule has 0 aromatic carbocycles. The zero-order valence-electron chi connectivity index (χ0n) is 11.4. The number of hydrogen-bond acceptors (Lipinski definition) is 2. The first-order valence-electron chi connectivity index (χ1n) is 6.92. The van der Waals surface area contributed by atoms with Crippen molar-refractivity contribution < 1.29 is 5.11 Å². The van der Waals surface area contributed by atoms with Crippen LogP contribution in [0.4, 0.5) is 0 Å². The van der Waals surface area contributed by atoms with Crippen molar-refractivity contribution in [3.8, 4) is 0 Å². The minimum absolute atomic E-state index is 0.436. The average molecular weight is 227 g/mol. The summed E-state index contributed by atoms with van der Waals surface area (Å²) in [5.74, 6) is 1.45. The van der Waals surface area contributed by atoms with Crippen LogP contribution in [0.5, 0.6) is 0 Å². The monoisotopic (exact) mass is 227 g/mol. The third-order valence-corrected chi connectivity index (χ3v) is 4.14. The minimum atomic E-state index is -0.436. The fourth-order valence-corrected chi connectivity index (χ4v) is 2.65. The molecule has 2 N–H and O–H groups in total. The molecule has 1 fully saturated rings. The first-order valence-corrected chi connectivity index (χ1v) is 6.92. The third-order valence-electron chi connectivity index (χ3n) is 4.14. The summed E-state index contributed by atoms with van der Waals surface area (Å²) >= 11 is 0. The highest BCUT2D eigenvalue weighted by atomic mass is 16.3.